The van der Waals surface area contributed by atoms with Crippen molar-refractivity contribution in [2.75, 3.05) is 19.0 Å². The van der Waals surface area contributed by atoms with Gasteiger partial charge in [-0.1, -0.05) is 13.8 Å². The lowest BCUT2D eigenvalue weighted by molar-refractivity contribution is -0.386. The lowest BCUT2D eigenvalue weighted by atomic mass is 9.82. The van der Waals surface area contributed by atoms with Gasteiger partial charge < -0.3 is 4.74 Å². The van der Waals surface area contributed by atoms with E-state index >= 15 is 0 Å². The second-order valence-corrected chi connectivity index (χ2v) is 5.95. The van der Waals surface area contributed by atoms with Crippen LogP contribution in [0.1, 0.15) is 38.1 Å². The van der Waals surface area contributed by atoms with Crippen molar-refractivity contribution in [2.45, 2.75) is 46.1 Å². The fraction of sp³-hybridized carbons (Fsp3) is 0.786. The Labute approximate surface area is 130 Å². The molecule has 0 aromatic carbocycles. The first-order valence-corrected chi connectivity index (χ1v) is 8.11. The molecule has 1 aliphatic rings. The van der Waals surface area contributed by atoms with Crippen molar-refractivity contribution in [3.63, 3.8) is 0 Å². The van der Waals surface area contributed by atoms with Crippen molar-refractivity contribution in [3.8, 4) is 0 Å². The number of hydrogen-bond acceptors (Lipinski definition) is 5. The van der Waals surface area contributed by atoms with E-state index in [4.69, 9.17) is 4.74 Å². The number of nitrogens with zero attached hydrogens (tertiary/aromatic N) is 3. The molecule has 1 aromatic rings. The Balaban J connectivity index is 2.36. The Morgan fingerprint density at radius 3 is 2.52 bits per heavy atom. The van der Waals surface area contributed by atoms with Gasteiger partial charge in [0.1, 0.15) is 11.4 Å². The molecule has 118 valence electrons. The van der Waals surface area contributed by atoms with Crippen molar-refractivity contribution >= 4 is 18.3 Å². The van der Waals surface area contributed by atoms with E-state index in [1.807, 2.05) is 18.5 Å². The van der Waals surface area contributed by atoms with Crippen LogP contribution in [0.15, 0.2) is 0 Å². The molecule has 6 nitrogen and oxygen atoms in total. The lowest BCUT2D eigenvalue weighted by Crippen LogP contribution is -2.36. The summed E-state index contributed by atoms with van der Waals surface area (Å²) in [5.74, 6) is 0.745. The van der Waals surface area contributed by atoms with Crippen LogP contribution in [0.3, 0.4) is 0 Å². The average molecular weight is 313 g/mol. The van der Waals surface area contributed by atoms with E-state index < -0.39 is 0 Å². The largest absolute Gasteiger partial charge is 0.381 e. The molecule has 0 aliphatic carbocycles. The molecule has 0 radical (unpaired) electrons. The molecule has 21 heavy (non-hydrogen) atoms. The smallest absolute Gasteiger partial charge is 0.313 e. The van der Waals surface area contributed by atoms with Crippen LogP contribution in [0.5, 0.6) is 0 Å². The minimum Gasteiger partial charge on any atom is -0.381 e. The van der Waals surface area contributed by atoms with Crippen molar-refractivity contribution in [1.82, 2.24) is 9.78 Å². The standard InChI is InChI=1S/C14H23N3O3S/c1-3-11-13(17(18)19)12(4-2)16(15-11)9-14(10-21)5-7-20-8-6-14/h21H,3-10H2,1-2H3. The van der Waals surface area contributed by atoms with Gasteiger partial charge in [-0.15, -0.1) is 0 Å². The number of nitro groups is 1. The number of hydrogen-bond donors (Lipinski definition) is 1. The van der Waals surface area contributed by atoms with E-state index in [1.54, 1.807) is 0 Å². The molecule has 2 rings (SSSR count). The molecule has 7 heteroatoms. The molecule has 0 atom stereocenters. The van der Waals surface area contributed by atoms with Gasteiger partial charge >= 0.3 is 5.69 Å². The molecule has 0 amide bonds. The molecular weight excluding hydrogens is 290 g/mol. The van der Waals surface area contributed by atoms with Crippen LogP contribution in [0.25, 0.3) is 0 Å². The highest BCUT2D eigenvalue weighted by Gasteiger charge is 2.35. The van der Waals surface area contributed by atoms with Gasteiger partial charge in [-0.25, -0.2) is 0 Å². The summed E-state index contributed by atoms with van der Waals surface area (Å²) in [6.45, 7) is 5.99. The first-order chi connectivity index (χ1) is 10.1. The molecule has 0 bridgehead atoms. The van der Waals surface area contributed by atoms with E-state index in [-0.39, 0.29) is 16.0 Å². The quantitative estimate of drug-likeness (QED) is 0.498. The Bertz CT molecular complexity index is 510. The zero-order valence-corrected chi connectivity index (χ0v) is 13.6. The molecule has 1 fully saturated rings. The van der Waals surface area contributed by atoms with Gasteiger partial charge in [-0.05, 0) is 31.4 Å². The molecule has 1 aromatic heterocycles. The van der Waals surface area contributed by atoms with Gasteiger partial charge in [0.15, 0.2) is 0 Å². The highest BCUT2D eigenvalue weighted by Crippen LogP contribution is 2.35. The molecule has 0 unspecified atom stereocenters. The minimum atomic E-state index is -0.293. The maximum absolute atomic E-state index is 11.3. The van der Waals surface area contributed by atoms with Gasteiger partial charge in [0.05, 0.1) is 4.92 Å². The summed E-state index contributed by atoms with van der Waals surface area (Å²) in [4.78, 5) is 11.0. The molecule has 1 saturated heterocycles. The van der Waals surface area contributed by atoms with Crippen LogP contribution in [-0.4, -0.2) is 33.7 Å². The molecule has 0 spiro atoms. The normalized spacial score (nSPS) is 17.9. The zero-order chi connectivity index (χ0) is 15.5. The van der Waals surface area contributed by atoms with E-state index in [1.165, 1.54) is 0 Å². The Kier molecular flexibility index (Phi) is 5.27. The van der Waals surface area contributed by atoms with Gasteiger partial charge in [-0.3, -0.25) is 14.8 Å². The predicted octanol–water partition coefficient (Wildman–Crippen LogP) is 2.64. The summed E-state index contributed by atoms with van der Waals surface area (Å²) in [5, 5.41) is 15.8. The number of aromatic nitrogens is 2. The van der Waals surface area contributed by atoms with Gasteiger partial charge in [-0.2, -0.15) is 17.7 Å². The fourth-order valence-corrected chi connectivity index (χ4v) is 3.38. The number of rotatable bonds is 6. The third-order valence-electron chi connectivity index (χ3n) is 4.33. The van der Waals surface area contributed by atoms with Crippen LogP contribution in [-0.2, 0) is 24.1 Å². The molecule has 0 saturated carbocycles. The summed E-state index contributed by atoms with van der Waals surface area (Å²) in [6.07, 6.45) is 3.04. The first kappa shape index (κ1) is 16.3. The van der Waals surface area contributed by atoms with Crippen LogP contribution < -0.4 is 0 Å². The molecule has 1 aliphatic heterocycles. The first-order valence-electron chi connectivity index (χ1n) is 7.48. The number of ether oxygens (including phenoxy) is 1. The van der Waals surface area contributed by atoms with E-state index in [2.05, 4.69) is 17.7 Å². The zero-order valence-electron chi connectivity index (χ0n) is 12.7. The SMILES string of the molecule is CCc1nn(CC2(CS)CCOCC2)c(CC)c1[N+](=O)[O-]. The summed E-state index contributed by atoms with van der Waals surface area (Å²) in [7, 11) is 0. The van der Waals surface area contributed by atoms with Crippen molar-refractivity contribution < 1.29 is 9.66 Å². The Morgan fingerprint density at radius 2 is 2.05 bits per heavy atom. The molecule has 2 heterocycles. The van der Waals surface area contributed by atoms with Gasteiger partial charge in [0, 0.05) is 25.2 Å². The maximum Gasteiger partial charge on any atom is 0.313 e. The Hall–Kier alpha value is -1.08. The van der Waals surface area contributed by atoms with Gasteiger partial charge in [0.25, 0.3) is 0 Å². The molecular formula is C14H23N3O3S. The summed E-state index contributed by atoms with van der Waals surface area (Å²) in [5.41, 5.74) is 1.53. The third-order valence-corrected chi connectivity index (χ3v) is 5.00. The van der Waals surface area contributed by atoms with Crippen molar-refractivity contribution in [1.29, 1.82) is 0 Å². The highest BCUT2D eigenvalue weighted by atomic mass is 32.1. The van der Waals surface area contributed by atoms with E-state index in [0.717, 1.165) is 37.5 Å². The van der Waals surface area contributed by atoms with E-state index in [9.17, 15) is 10.1 Å². The fourth-order valence-electron chi connectivity index (χ4n) is 2.96. The lowest BCUT2D eigenvalue weighted by Gasteiger charge is -2.36. The van der Waals surface area contributed by atoms with Crippen LogP contribution >= 0.6 is 12.6 Å². The second-order valence-electron chi connectivity index (χ2n) is 5.63. The van der Waals surface area contributed by atoms with E-state index in [0.29, 0.717) is 25.1 Å². The summed E-state index contributed by atoms with van der Waals surface area (Å²) < 4.78 is 7.28. The monoisotopic (exact) mass is 313 g/mol. The summed E-state index contributed by atoms with van der Waals surface area (Å²) >= 11 is 4.51. The molecule has 0 N–H and O–H groups in total. The van der Waals surface area contributed by atoms with Crippen molar-refractivity contribution in [3.05, 3.63) is 21.5 Å². The average Bonchev–Trinajstić information content (AvgIpc) is 2.85. The number of thiol groups is 1. The van der Waals surface area contributed by atoms with Crippen molar-refractivity contribution in [2.24, 2.45) is 5.41 Å². The van der Waals surface area contributed by atoms with Crippen LogP contribution in [0.4, 0.5) is 5.69 Å². The Morgan fingerprint density at radius 1 is 1.38 bits per heavy atom. The highest BCUT2D eigenvalue weighted by molar-refractivity contribution is 7.80. The maximum atomic E-state index is 11.3. The van der Waals surface area contributed by atoms with Crippen LogP contribution in [0, 0.1) is 15.5 Å². The number of aryl methyl sites for hydroxylation is 1. The van der Waals surface area contributed by atoms with Crippen LogP contribution in [0.2, 0.25) is 0 Å². The second kappa shape index (κ2) is 6.79. The van der Waals surface area contributed by atoms with Gasteiger partial charge in [0.2, 0.25) is 0 Å². The third kappa shape index (κ3) is 3.23. The predicted molar refractivity (Wildman–Crippen MR) is 84.0 cm³/mol. The minimum absolute atomic E-state index is 0.0240. The topological polar surface area (TPSA) is 70.2 Å². The summed E-state index contributed by atoms with van der Waals surface area (Å²) in [6, 6.07) is 0.